The van der Waals surface area contributed by atoms with Gasteiger partial charge in [0.05, 0.1) is 6.54 Å². The summed E-state index contributed by atoms with van der Waals surface area (Å²) in [4.78, 5) is 14.9. The third kappa shape index (κ3) is 6.91. The van der Waals surface area contributed by atoms with Gasteiger partial charge >= 0.3 is 0 Å². The van der Waals surface area contributed by atoms with Crippen molar-refractivity contribution in [3.05, 3.63) is 95.6 Å². The van der Waals surface area contributed by atoms with E-state index in [1.165, 1.54) is 16.7 Å². The van der Waals surface area contributed by atoms with Crippen molar-refractivity contribution in [2.75, 3.05) is 6.54 Å². The Morgan fingerprint density at radius 2 is 1.54 bits per heavy atom. The second kappa shape index (κ2) is 10.7. The standard InChI is InChI=1S/C25H30N2O/c26-24(16-21-10-4-1-5-11-21)17-25(28)20-27(18-22-12-6-2-7-13-22)19-23-14-8-3-9-15-23/h2-4,6-15,24H,1,5,16-20,26H2. The van der Waals surface area contributed by atoms with Crippen LogP contribution in [0.3, 0.4) is 0 Å². The lowest BCUT2D eigenvalue weighted by Gasteiger charge is -2.23. The first-order chi connectivity index (χ1) is 13.7. The molecule has 0 aromatic heterocycles. The molecule has 2 aromatic rings. The molecule has 28 heavy (non-hydrogen) atoms. The molecule has 146 valence electrons. The highest BCUT2D eigenvalue weighted by atomic mass is 16.1. The average molecular weight is 375 g/mol. The quantitative estimate of drug-likeness (QED) is 0.659. The van der Waals surface area contributed by atoms with E-state index in [1.807, 2.05) is 36.4 Å². The van der Waals surface area contributed by atoms with E-state index in [4.69, 9.17) is 5.73 Å². The number of ketones is 1. The summed E-state index contributed by atoms with van der Waals surface area (Å²) in [5.41, 5.74) is 9.96. The summed E-state index contributed by atoms with van der Waals surface area (Å²) in [6, 6.07) is 20.5. The molecule has 0 bridgehead atoms. The third-order valence-corrected chi connectivity index (χ3v) is 4.96. The fraction of sp³-hybridized carbons (Fsp3) is 0.320. The zero-order valence-corrected chi connectivity index (χ0v) is 16.5. The Kier molecular flexibility index (Phi) is 7.77. The van der Waals surface area contributed by atoms with Gasteiger partial charge in [-0.3, -0.25) is 9.69 Å². The van der Waals surface area contributed by atoms with Gasteiger partial charge in [-0.15, -0.1) is 0 Å². The Bertz CT molecular complexity index is 754. The molecule has 0 heterocycles. The molecule has 1 atom stereocenters. The fourth-order valence-corrected chi connectivity index (χ4v) is 3.65. The van der Waals surface area contributed by atoms with Crippen molar-refractivity contribution in [3.8, 4) is 0 Å². The molecule has 0 saturated heterocycles. The van der Waals surface area contributed by atoms with Crippen LogP contribution in [-0.4, -0.2) is 23.3 Å². The highest BCUT2D eigenvalue weighted by Crippen LogP contribution is 2.16. The lowest BCUT2D eigenvalue weighted by atomic mass is 9.97. The molecule has 1 aliphatic rings. The molecule has 0 amide bonds. The van der Waals surface area contributed by atoms with Gasteiger partial charge in [-0.25, -0.2) is 0 Å². The normalized spacial score (nSPS) is 14.7. The zero-order chi connectivity index (χ0) is 19.6. The molecule has 0 spiro atoms. The number of nitrogens with zero attached hydrogens (tertiary/aromatic N) is 1. The molecule has 0 saturated carbocycles. The lowest BCUT2D eigenvalue weighted by Crippen LogP contribution is -2.33. The van der Waals surface area contributed by atoms with E-state index in [9.17, 15) is 4.79 Å². The zero-order valence-electron chi connectivity index (χ0n) is 16.5. The summed E-state index contributed by atoms with van der Waals surface area (Å²) in [5.74, 6) is 0.208. The maximum Gasteiger partial charge on any atom is 0.148 e. The first-order valence-electron chi connectivity index (χ1n) is 10.1. The van der Waals surface area contributed by atoms with E-state index in [0.29, 0.717) is 13.0 Å². The largest absolute Gasteiger partial charge is 0.327 e. The van der Waals surface area contributed by atoms with Crippen molar-refractivity contribution in [1.82, 2.24) is 4.90 Å². The predicted molar refractivity (Wildman–Crippen MR) is 116 cm³/mol. The van der Waals surface area contributed by atoms with Gasteiger partial charge in [0.25, 0.3) is 0 Å². The van der Waals surface area contributed by atoms with Crippen molar-refractivity contribution < 1.29 is 4.79 Å². The van der Waals surface area contributed by atoms with Gasteiger partial charge in [-0.05, 0) is 30.4 Å². The summed E-state index contributed by atoms with van der Waals surface area (Å²) in [7, 11) is 0. The van der Waals surface area contributed by atoms with Crippen molar-refractivity contribution in [2.24, 2.45) is 5.73 Å². The molecule has 2 N–H and O–H groups in total. The van der Waals surface area contributed by atoms with Gasteiger partial charge in [-0.1, -0.05) is 84.5 Å². The second-order valence-electron chi connectivity index (χ2n) is 7.58. The summed E-state index contributed by atoms with van der Waals surface area (Å²) in [6.45, 7) is 1.93. The number of rotatable bonds is 10. The molecule has 0 aliphatic heterocycles. The van der Waals surface area contributed by atoms with E-state index in [1.54, 1.807) is 0 Å². The number of benzene rings is 2. The molecule has 0 fully saturated rings. The Labute approximate surface area is 168 Å². The van der Waals surface area contributed by atoms with E-state index in [0.717, 1.165) is 32.4 Å². The Morgan fingerprint density at radius 1 is 0.929 bits per heavy atom. The third-order valence-electron chi connectivity index (χ3n) is 4.96. The summed E-state index contributed by atoms with van der Waals surface area (Å²) >= 11 is 0. The smallest absolute Gasteiger partial charge is 0.148 e. The van der Waals surface area contributed by atoms with Crippen LogP contribution in [0.1, 0.15) is 36.8 Å². The van der Waals surface area contributed by atoms with Crippen LogP contribution in [0.4, 0.5) is 0 Å². The summed E-state index contributed by atoms with van der Waals surface area (Å²) < 4.78 is 0. The number of hydrogen-bond donors (Lipinski definition) is 1. The number of Topliss-reactive ketones (excluding diaryl/α,β-unsaturated/α-hetero) is 1. The minimum Gasteiger partial charge on any atom is -0.327 e. The second-order valence-corrected chi connectivity index (χ2v) is 7.58. The van der Waals surface area contributed by atoms with Crippen LogP contribution in [0.15, 0.2) is 84.5 Å². The van der Waals surface area contributed by atoms with Crippen LogP contribution in [0.5, 0.6) is 0 Å². The van der Waals surface area contributed by atoms with Crippen LogP contribution < -0.4 is 5.73 Å². The van der Waals surface area contributed by atoms with E-state index < -0.39 is 0 Å². The van der Waals surface area contributed by atoms with Crippen LogP contribution in [-0.2, 0) is 17.9 Å². The molecule has 3 nitrogen and oxygen atoms in total. The number of carbonyl (C=O) groups excluding carboxylic acids is 1. The summed E-state index contributed by atoms with van der Waals surface area (Å²) in [6.07, 6.45) is 9.95. The minimum atomic E-state index is -0.114. The first kappa shape index (κ1) is 20.2. The lowest BCUT2D eigenvalue weighted by molar-refractivity contribution is -0.120. The van der Waals surface area contributed by atoms with Gasteiger partial charge in [0, 0.05) is 25.6 Å². The molecule has 1 aliphatic carbocycles. The fourth-order valence-electron chi connectivity index (χ4n) is 3.65. The van der Waals surface area contributed by atoms with Crippen molar-refractivity contribution in [1.29, 1.82) is 0 Å². The molecule has 3 rings (SSSR count). The topological polar surface area (TPSA) is 46.3 Å². The van der Waals surface area contributed by atoms with Crippen LogP contribution in [0, 0.1) is 0 Å². The van der Waals surface area contributed by atoms with Crippen molar-refractivity contribution >= 4 is 5.78 Å². The first-order valence-corrected chi connectivity index (χ1v) is 10.1. The van der Waals surface area contributed by atoms with Crippen LogP contribution in [0.2, 0.25) is 0 Å². The maximum absolute atomic E-state index is 12.7. The van der Waals surface area contributed by atoms with E-state index in [-0.39, 0.29) is 11.8 Å². The van der Waals surface area contributed by atoms with Crippen molar-refractivity contribution in [3.63, 3.8) is 0 Å². The highest BCUT2D eigenvalue weighted by molar-refractivity contribution is 5.81. The average Bonchev–Trinajstić information content (AvgIpc) is 2.70. The van der Waals surface area contributed by atoms with Crippen molar-refractivity contribution in [2.45, 2.75) is 44.8 Å². The van der Waals surface area contributed by atoms with Gasteiger partial charge in [-0.2, -0.15) is 0 Å². The number of carbonyl (C=O) groups is 1. The van der Waals surface area contributed by atoms with E-state index >= 15 is 0 Å². The molecule has 0 radical (unpaired) electrons. The SMILES string of the molecule is NC(CC(=O)CN(Cc1ccccc1)Cc1ccccc1)CC1=CCCC=C1. The van der Waals surface area contributed by atoms with Crippen LogP contribution >= 0.6 is 0 Å². The highest BCUT2D eigenvalue weighted by Gasteiger charge is 2.16. The summed E-state index contributed by atoms with van der Waals surface area (Å²) in [5, 5.41) is 0. The molecule has 3 heteroatoms. The molecule has 2 aromatic carbocycles. The minimum absolute atomic E-state index is 0.114. The van der Waals surface area contributed by atoms with E-state index in [2.05, 4.69) is 47.4 Å². The Morgan fingerprint density at radius 3 is 2.07 bits per heavy atom. The van der Waals surface area contributed by atoms with Gasteiger partial charge < -0.3 is 5.73 Å². The Balaban J connectivity index is 1.58. The molecule has 1 unspecified atom stereocenters. The number of hydrogen-bond acceptors (Lipinski definition) is 3. The van der Waals surface area contributed by atoms with Gasteiger partial charge in [0.2, 0.25) is 0 Å². The molecular weight excluding hydrogens is 344 g/mol. The van der Waals surface area contributed by atoms with Crippen LogP contribution in [0.25, 0.3) is 0 Å². The Hall–Kier alpha value is -2.49. The maximum atomic E-state index is 12.7. The monoisotopic (exact) mass is 374 g/mol. The van der Waals surface area contributed by atoms with Gasteiger partial charge in [0.15, 0.2) is 0 Å². The number of nitrogens with two attached hydrogens (primary N) is 1. The molecular formula is C25H30N2O. The number of allylic oxidation sites excluding steroid dienone is 3. The van der Waals surface area contributed by atoms with Gasteiger partial charge in [0.1, 0.15) is 5.78 Å². The predicted octanol–water partition coefficient (Wildman–Crippen LogP) is 4.64.